The number of hydrogen-bond acceptors (Lipinski definition) is 5. The van der Waals surface area contributed by atoms with E-state index in [0.717, 1.165) is 0 Å². The van der Waals surface area contributed by atoms with Crippen molar-refractivity contribution < 1.29 is 18.8 Å². The third kappa shape index (κ3) is 4.20. The van der Waals surface area contributed by atoms with Crippen molar-refractivity contribution in [2.24, 2.45) is 0 Å². The molecule has 0 atom stereocenters. The van der Waals surface area contributed by atoms with Crippen LogP contribution in [0.4, 0.5) is 0 Å². The topological polar surface area (TPSA) is 81.4 Å². The van der Waals surface area contributed by atoms with E-state index in [0.29, 0.717) is 27.2 Å². The minimum atomic E-state index is -0.529. The van der Waals surface area contributed by atoms with Gasteiger partial charge in [0.15, 0.2) is 11.5 Å². The number of aromatic nitrogens is 1. The quantitative estimate of drug-likeness (QED) is 0.450. The average Bonchev–Trinajstić information content (AvgIpc) is 3.05. The molecule has 0 bridgehead atoms. The lowest BCUT2D eigenvalue weighted by atomic mass is 10.1. The van der Waals surface area contributed by atoms with Crippen LogP contribution in [-0.4, -0.2) is 23.6 Å². The normalized spacial score (nSPS) is 10.5. The van der Waals surface area contributed by atoms with E-state index in [1.807, 2.05) is 0 Å². The molecule has 0 unspecified atom stereocenters. The predicted molar refractivity (Wildman–Crippen MR) is 104 cm³/mol. The van der Waals surface area contributed by atoms with Crippen LogP contribution in [0, 0.1) is 0 Å². The Balaban J connectivity index is 1.98. The molecule has 6 nitrogen and oxygen atoms in total. The summed E-state index contributed by atoms with van der Waals surface area (Å²) >= 11 is 9.42. The van der Waals surface area contributed by atoms with E-state index in [1.165, 1.54) is 0 Å². The monoisotopic (exact) mass is 448 g/mol. The molecular weight excluding hydrogens is 436 g/mol. The van der Waals surface area contributed by atoms with Crippen molar-refractivity contribution in [1.82, 2.24) is 10.5 Å². The molecule has 3 rings (SSSR count). The molecule has 8 heteroatoms. The summed E-state index contributed by atoms with van der Waals surface area (Å²) in [5.74, 6) is -0.454. The summed E-state index contributed by atoms with van der Waals surface area (Å²) in [6.45, 7) is 2.25. The molecule has 0 aliphatic carbocycles. The summed E-state index contributed by atoms with van der Waals surface area (Å²) in [7, 11) is 0. The number of carbonyl (C=O) groups is 2. The standard InChI is InChI=1S/C19H14BrClN2O4/c1-2-22-18(24)16-15(20)17(27-23-16)13-10-12(21)8-9-14(13)26-19(25)11-6-4-3-5-7-11/h3-10H,2H2,1H3,(H,22,24). The second-order valence-electron chi connectivity index (χ2n) is 5.43. The van der Waals surface area contributed by atoms with Gasteiger partial charge >= 0.3 is 5.97 Å². The van der Waals surface area contributed by atoms with Crippen LogP contribution in [0.3, 0.4) is 0 Å². The number of halogens is 2. The van der Waals surface area contributed by atoms with Gasteiger partial charge in [0.2, 0.25) is 0 Å². The van der Waals surface area contributed by atoms with E-state index >= 15 is 0 Å². The smallest absolute Gasteiger partial charge is 0.343 e. The van der Waals surface area contributed by atoms with Gasteiger partial charge in [-0.3, -0.25) is 4.79 Å². The van der Waals surface area contributed by atoms with E-state index in [9.17, 15) is 9.59 Å². The fraction of sp³-hybridized carbons (Fsp3) is 0.105. The van der Waals surface area contributed by atoms with Gasteiger partial charge in [-0.05, 0) is 53.2 Å². The first-order valence-corrected chi connectivity index (χ1v) is 9.19. The summed E-state index contributed by atoms with van der Waals surface area (Å²) in [5, 5.41) is 6.86. The van der Waals surface area contributed by atoms with Crippen molar-refractivity contribution in [3.63, 3.8) is 0 Å². The first-order valence-electron chi connectivity index (χ1n) is 8.01. The highest BCUT2D eigenvalue weighted by Crippen LogP contribution is 2.38. The molecule has 0 radical (unpaired) electrons. The van der Waals surface area contributed by atoms with Crippen LogP contribution < -0.4 is 10.1 Å². The molecule has 138 valence electrons. The molecule has 1 N–H and O–H groups in total. The molecule has 27 heavy (non-hydrogen) atoms. The van der Waals surface area contributed by atoms with Crippen LogP contribution in [0.2, 0.25) is 5.02 Å². The van der Waals surface area contributed by atoms with Gasteiger partial charge in [0.25, 0.3) is 5.91 Å². The van der Waals surface area contributed by atoms with Gasteiger partial charge < -0.3 is 14.6 Å². The lowest BCUT2D eigenvalue weighted by molar-refractivity contribution is 0.0735. The highest BCUT2D eigenvalue weighted by atomic mass is 79.9. The first-order chi connectivity index (χ1) is 13.0. The van der Waals surface area contributed by atoms with Crippen LogP contribution in [-0.2, 0) is 0 Å². The maximum absolute atomic E-state index is 12.4. The van der Waals surface area contributed by atoms with Gasteiger partial charge in [0.05, 0.1) is 15.6 Å². The van der Waals surface area contributed by atoms with Crippen molar-refractivity contribution in [3.8, 4) is 17.1 Å². The number of rotatable bonds is 5. The van der Waals surface area contributed by atoms with Crippen molar-refractivity contribution in [2.45, 2.75) is 6.92 Å². The summed E-state index contributed by atoms with van der Waals surface area (Å²) in [5.41, 5.74) is 0.881. The van der Waals surface area contributed by atoms with Crippen LogP contribution in [0.15, 0.2) is 57.5 Å². The summed E-state index contributed by atoms with van der Waals surface area (Å²) in [6.07, 6.45) is 0. The van der Waals surface area contributed by atoms with Crippen molar-refractivity contribution >= 4 is 39.4 Å². The Morgan fingerprint density at radius 1 is 1.22 bits per heavy atom. The third-order valence-electron chi connectivity index (χ3n) is 3.59. The number of carbonyl (C=O) groups excluding carboxylic acids is 2. The number of ether oxygens (including phenoxy) is 1. The largest absolute Gasteiger partial charge is 0.422 e. The number of nitrogens with one attached hydrogen (secondary N) is 1. The molecule has 3 aromatic rings. The molecular formula is C19H14BrClN2O4. The zero-order chi connectivity index (χ0) is 19.4. The van der Waals surface area contributed by atoms with Gasteiger partial charge in [-0.15, -0.1) is 0 Å². The SMILES string of the molecule is CCNC(=O)c1noc(-c2cc(Cl)ccc2OC(=O)c2ccccc2)c1Br. The number of benzene rings is 2. The average molecular weight is 450 g/mol. The lowest BCUT2D eigenvalue weighted by Crippen LogP contribution is -2.23. The summed E-state index contributed by atoms with van der Waals surface area (Å²) in [4.78, 5) is 24.4. The third-order valence-corrected chi connectivity index (χ3v) is 4.56. The number of hydrogen-bond donors (Lipinski definition) is 1. The maximum Gasteiger partial charge on any atom is 0.343 e. The van der Waals surface area contributed by atoms with E-state index in [1.54, 1.807) is 55.5 Å². The van der Waals surface area contributed by atoms with Crippen molar-refractivity contribution in [2.75, 3.05) is 6.54 Å². The predicted octanol–water partition coefficient (Wildman–Crippen LogP) is 4.73. The van der Waals surface area contributed by atoms with Gasteiger partial charge in [0.1, 0.15) is 5.75 Å². The molecule has 0 saturated heterocycles. The second kappa shape index (κ2) is 8.37. The zero-order valence-electron chi connectivity index (χ0n) is 14.2. The first kappa shape index (κ1) is 19.1. The summed E-state index contributed by atoms with van der Waals surface area (Å²) in [6, 6.07) is 13.3. The molecule has 0 fully saturated rings. The highest BCUT2D eigenvalue weighted by molar-refractivity contribution is 9.10. The molecule has 1 amide bonds. The van der Waals surface area contributed by atoms with Crippen LogP contribution >= 0.6 is 27.5 Å². The molecule has 1 aromatic heterocycles. The fourth-order valence-corrected chi connectivity index (χ4v) is 3.04. The minimum Gasteiger partial charge on any atom is -0.422 e. The van der Waals surface area contributed by atoms with Gasteiger partial charge in [-0.2, -0.15) is 0 Å². The molecule has 0 aliphatic rings. The Kier molecular flexibility index (Phi) is 5.93. The van der Waals surface area contributed by atoms with Crippen LogP contribution in [0.25, 0.3) is 11.3 Å². The highest BCUT2D eigenvalue weighted by Gasteiger charge is 2.24. The molecule has 2 aromatic carbocycles. The van der Waals surface area contributed by atoms with Crippen molar-refractivity contribution in [1.29, 1.82) is 0 Å². The Labute approximate surface area is 168 Å². The van der Waals surface area contributed by atoms with E-state index in [4.69, 9.17) is 20.9 Å². The van der Waals surface area contributed by atoms with Gasteiger partial charge in [-0.1, -0.05) is 35.0 Å². The second-order valence-corrected chi connectivity index (χ2v) is 6.66. The Morgan fingerprint density at radius 3 is 2.67 bits per heavy atom. The number of amides is 1. The zero-order valence-corrected chi connectivity index (χ0v) is 16.5. The fourth-order valence-electron chi connectivity index (χ4n) is 2.33. The maximum atomic E-state index is 12.4. The molecule has 0 saturated carbocycles. The van der Waals surface area contributed by atoms with E-state index in [-0.39, 0.29) is 23.1 Å². The van der Waals surface area contributed by atoms with Gasteiger partial charge in [-0.25, -0.2) is 4.79 Å². The minimum absolute atomic E-state index is 0.0900. The van der Waals surface area contributed by atoms with E-state index in [2.05, 4.69) is 26.4 Å². The molecule has 0 spiro atoms. The van der Waals surface area contributed by atoms with Gasteiger partial charge in [0, 0.05) is 11.6 Å². The molecule has 0 aliphatic heterocycles. The number of esters is 1. The Morgan fingerprint density at radius 2 is 1.96 bits per heavy atom. The van der Waals surface area contributed by atoms with Crippen LogP contribution in [0.5, 0.6) is 5.75 Å². The Hall–Kier alpha value is -2.64. The van der Waals surface area contributed by atoms with Crippen molar-refractivity contribution in [3.05, 3.63) is 69.3 Å². The summed E-state index contributed by atoms with van der Waals surface area (Å²) < 4.78 is 11.2. The van der Waals surface area contributed by atoms with Crippen LogP contribution in [0.1, 0.15) is 27.8 Å². The molecule has 1 heterocycles. The lowest BCUT2D eigenvalue weighted by Gasteiger charge is -2.09. The number of nitrogens with zero attached hydrogens (tertiary/aromatic N) is 1. The van der Waals surface area contributed by atoms with E-state index < -0.39 is 5.97 Å². The Bertz CT molecular complexity index is 989.